The number of hydrogen-bond donors (Lipinski definition) is 1. The maximum absolute atomic E-state index is 6.29. The molecule has 4 saturated carbocycles. The largest absolute Gasteiger partial charge is 0.326 e. The average Bonchev–Trinajstić information content (AvgIpc) is 2.26. The second-order valence-electron chi connectivity index (χ2n) is 7.93. The minimum absolute atomic E-state index is 0.336. The molecule has 4 aliphatic carbocycles. The maximum atomic E-state index is 6.29. The third kappa shape index (κ3) is 2.12. The lowest BCUT2D eigenvalue weighted by Crippen LogP contribution is -2.60. The molecule has 4 rings (SSSR count). The van der Waals surface area contributed by atoms with Gasteiger partial charge in [0.15, 0.2) is 0 Å². The van der Waals surface area contributed by atoms with Gasteiger partial charge in [0.05, 0.1) is 0 Å². The van der Waals surface area contributed by atoms with Gasteiger partial charge in [0.1, 0.15) is 0 Å². The molecule has 0 aromatic rings. The molecule has 2 heteroatoms. The molecule has 104 valence electrons. The summed E-state index contributed by atoms with van der Waals surface area (Å²) in [5.74, 6) is 3.71. The van der Waals surface area contributed by atoms with Gasteiger partial charge in [-0.2, -0.15) is 0 Å². The summed E-state index contributed by atoms with van der Waals surface area (Å²) < 4.78 is 0. The molecule has 0 aromatic heterocycles. The van der Waals surface area contributed by atoms with E-state index in [9.17, 15) is 0 Å². The highest BCUT2D eigenvalue weighted by molar-refractivity contribution is 5.07. The lowest BCUT2D eigenvalue weighted by molar-refractivity contribution is -0.0813. The molecule has 1 atom stereocenters. The van der Waals surface area contributed by atoms with Crippen LogP contribution in [0.3, 0.4) is 0 Å². The lowest BCUT2D eigenvalue weighted by Gasteiger charge is -2.60. The van der Waals surface area contributed by atoms with E-state index in [0.29, 0.717) is 17.5 Å². The van der Waals surface area contributed by atoms with Crippen LogP contribution in [0.5, 0.6) is 0 Å². The van der Waals surface area contributed by atoms with Gasteiger partial charge in [0, 0.05) is 18.1 Å². The first kappa shape index (κ1) is 12.9. The first-order valence-corrected chi connectivity index (χ1v) is 7.95. The number of nitrogens with zero attached hydrogens (tertiary/aromatic N) is 1. The van der Waals surface area contributed by atoms with Crippen molar-refractivity contribution >= 4 is 0 Å². The van der Waals surface area contributed by atoms with Crippen LogP contribution in [0, 0.1) is 23.7 Å². The Kier molecular flexibility index (Phi) is 3.22. The van der Waals surface area contributed by atoms with Gasteiger partial charge in [-0.3, -0.25) is 4.90 Å². The molecule has 4 bridgehead atoms. The molecule has 0 radical (unpaired) electrons. The first-order valence-electron chi connectivity index (χ1n) is 7.95. The van der Waals surface area contributed by atoms with Crippen molar-refractivity contribution in [1.29, 1.82) is 0 Å². The number of hydrogen-bond acceptors (Lipinski definition) is 2. The SMILES string of the molecule is CC(C)C(N)CN(C)C12CC3CC(CC(C3)C1)C2. The summed E-state index contributed by atoms with van der Waals surface area (Å²) in [5.41, 5.74) is 6.82. The van der Waals surface area contributed by atoms with E-state index in [1.54, 1.807) is 0 Å². The van der Waals surface area contributed by atoms with Crippen molar-refractivity contribution < 1.29 is 0 Å². The van der Waals surface area contributed by atoms with Crippen LogP contribution >= 0.6 is 0 Å². The van der Waals surface area contributed by atoms with Crippen molar-refractivity contribution in [3.63, 3.8) is 0 Å². The molecule has 0 aliphatic heterocycles. The minimum atomic E-state index is 0.336. The van der Waals surface area contributed by atoms with Gasteiger partial charge in [0.25, 0.3) is 0 Å². The standard InChI is InChI=1S/C16H30N2/c1-11(2)15(17)10-18(3)16-7-12-4-13(8-16)6-14(5-12)9-16/h11-15H,4-10,17H2,1-3H3. The molecule has 1 unspecified atom stereocenters. The minimum Gasteiger partial charge on any atom is -0.326 e. The zero-order valence-corrected chi connectivity index (χ0v) is 12.4. The Bertz CT molecular complexity index is 275. The molecule has 2 N–H and O–H groups in total. The van der Waals surface area contributed by atoms with Crippen LogP contribution in [0.15, 0.2) is 0 Å². The van der Waals surface area contributed by atoms with Crippen molar-refractivity contribution in [1.82, 2.24) is 4.90 Å². The second kappa shape index (κ2) is 4.49. The molecule has 0 saturated heterocycles. The van der Waals surface area contributed by atoms with E-state index in [0.717, 1.165) is 24.3 Å². The van der Waals surface area contributed by atoms with Crippen LogP contribution in [0.1, 0.15) is 52.4 Å². The number of rotatable bonds is 4. The highest BCUT2D eigenvalue weighted by Crippen LogP contribution is 2.57. The smallest absolute Gasteiger partial charge is 0.0215 e. The van der Waals surface area contributed by atoms with Crippen LogP contribution in [0.4, 0.5) is 0 Å². The third-order valence-corrected chi connectivity index (χ3v) is 6.16. The van der Waals surface area contributed by atoms with Gasteiger partial charge in [-0.05, 0) is 69.2 Å². The summed E-state index contributed by atoms with van der Waals surface area (Å²) in [7, 11) is 2.34. The van der Waals surface area contributed by atoms with Crippen LogP contribution < -0.4 is 5.73 Å². The van der Waals surface area contributed by atoms with E-state index in [-0.39, 0.29) is 0 Å². The van der Waals surface area contributed by atoms with Crippen molar-refractivity contribution in [3.8, 4) is 0 Å². The molecule has 0 amide bonds. The Hall–Kier alpha value is -0.0800. The molecule has 0 aromatic carbocycles. The molecule has 4 fully saturated rings. The third-order valence-electron chi connectivity index (χ3n) is 6.16. The van der Waals surface area contributed by atoms with Crippen LogP contribution in [-0.4, -0.2) is 30.1 Å². The number of nitrogens with two attached hydrogens (primary N) is 1. The van der Waals surface area contributed by atoms with Gasteiger partial charge < -0.3 is 5.73 Å². The number of likely N-dealkylation sites (N-methyl/N-ethyl adjacent to an activating group) is 1. The molecule has 18 heavy (non-hydrogen) atoms. The summed E-state index contributed by atoms with van der Waals surface area (Å²) in [6.07, 6.45) is 8.97. The molecular formula is C16H30N2. The highest BCUT2D eigenvalue weighted by atomic mass is 15.2. The van der Waals surface area contributed by atoms with E-state index < -0.39 is 0 Å². The summed E-state index contributed by atoms with van der Waals surface area (Å²) in [6, 6.07) is 0.336. The Labute approximate surface area is 112 Å². The lowest BCUT2D eigenvalue weighted by atomic mass is 9.52. The molecular weight excluding hydrogens is 220 g/mol. The molecule has 0 spiro atoms. The van der Waals surface area contributed by atoms with Crippen LogP contribution in [0.25, 0.3) is 0 Å². The summed E-state index contributed by atoms with van der Waals surface area (Å²) >= 11 is 0. The Balaban J connectivity index is 1.71. The fourth-order valence-electron chi connectivity index (χ4n) is 5.25. The van der Waals surface area contributed by atoms with Gasteiger partial charge in [0.2, 0.25) is 0 Å². The highest BCUT2D eigenvalue weighted by Gasteiger charge is 2.52. The monoisotopic (exact) mass is 250 g/mol. The van der Waals surface area contributed by atoms with E-state index in [1.165, 1.54) is 38.5 Å². The fourth-order valence-corrected chi connectivity index (χ4v) is 5.25. The molecule has 2 nitrogen and oxygen atoms in total. The normalized spacial score (nSPS) is 44.0. The Morgan fingerprint density at radius 2 is 1.50 bits per heavy atom. The van der Waals surface area contributed by atoms with E-state index in [1.807, 2.05) is 0 Å². The van der Waals surface area contributed by atoms with Gasteiger partial charge in [-0.15, -0.1) is 0 Å². The van der Waals surface area contributed by atoms with Crippen LogP contribution in [0.2, 0.25) is 0 Å². The van der Waals surface area contributed by atoms with Crippen molar-refractivity contribution in [3.05, 3.63) is 0 Å². The van der Waals surface area contributed by atoms with E-state index in [4.69, 9.17) is 5.73 Å². The topological polar surface area (TPSA) is 29.3 Å². The predicted molar refractivity (Wildman–Crippen MR) is 76.3 cm³/mol. The zero-order valence-electron chi connectivity index (χ0n) is 12.4. The van der Waals surface area contributed by atoms with Gasteiger partial charge >= 0.3 is 0 Å². The van der Waals surface area contributed by atoms with Gasteiger partial charge in [-0.25, -0.2) is 0 Å². The van der Waals surface area contributed by atoms with Gasteiger partial charge in [-0.1, -0.05) is 13.8 Å². The van der Waals surface area contributed by atoms with Crippen molar-refractivity contribution in [2.24, 2.45) is 29.4 Å². The van der Waals surface area contributed by atoms with Crippen molar-refractivity contribution in [2.45, 2.75) is 64.0 Å². The van der Waals surface area contributed by atoms with E-state index >= 15 is 0 Å². The molecule has 4 aliphatic rings. The van der Waals surface area contributed by atoms with Crippen LogP contribution in [-0.2, 0) is 0 Å². The quantitative estimate of drug-likeness (QED) is 0.831. The predicted octanol–water partition coefficient (Wildman–Crippen LogP) is 2.87. The van der Waals surface area contributed by atoms with E-state index in [2.05, 4.69) is 25.8 Å². The Morgan fingerprint density at radius 1 is 1.06 bits per heavy atom. The summed E-state index contributed by atoms with van der Waals surface area (Å²) in [5, 5.41) is 0. The summed E-state index contributed by atoms with van der Waals surface area (Å²) in [6.45, 7) is 5.58. The van der Waals surface area contributed by atoms with Crippen molar-refractivity contribution in [2.75, 3.05) is 13.6 Å². The summed E-state index contributed by atoms with van der Waals surface area (Å²) in [4.78, 5) is 2.65. The maximum Gasteiger partial charge on any atom is 0.0215 e. The fraction of sp³-hybridized carbons (Fsp3) is 1.00. The average molecular weight is 250 g/mol. The Morgan fingerprint density at radius 3 is 1.89 bits per heavy atom. The zero-order chi connectivity index (χ0) is 12.9. The second-order valence-corrected chi connectivity index (χ2v) is 7.93. The first-order chi connectivity index (χ1) is 8.48. The molecule has 0 heterocycles.